The molecular weight excluding hydrogens is 290 g/mol. The van der Waals surface area contributed by atoms with Crippen LogP contribution in [-0.2, 0) is 6.54 Å². The average molecular weight is 309 g/mol. The van der Waals surface area contributed by atoms with Crippen LogP contribution in [0.1, 0.15) is 34.5 Å². The topological polar surface area (TPSA) is 60.1 Å². The highest BCUT2D eigenvalue weighted by atomic mass is 16.3. The molecule has 1 saturated carbocycles. The van der Waals surface area contributed by atoms with E-state index in [0.717, 1.165) is 34.6 Å². The fraction of sp³-hybridized carbons (Fsp3) is 0.333. The Morgan fingerprint density at radius 2 is 2.22 bits per heavy atom. The van der Waals surface area contributed by atoms with Gasteiger partial charge in [-0.05, 0) is 44.2 Å². The summed E-state index contributed by atoms with van der Waals surface area (Å²) in [6, 6.07) is 5.97. The Hall–Kier alpha value is -2.56. The molecule has 3 aromatic rings. The zero-order valence-corrected chi connectivity index (χ0v) is 13.3. The Kier molecular flexibility index (Phi) is 3.22. The molecule has 1 aliphatic carbocycles. The molecule has 0 saturated heterocycles. The molecule has 0 bridgehead atoms. The number of benzene rings is 1. The molecule has 1 aromatic carbocycles. The van der Waals surface area contributed by atoms with Gasteiger partial charge in [-0.1, -0.05) is 12.1 Å². The summed E-state index contributed by atoms with van der Waals surface area (Å²) in [5.74, 6) is 0.877. The smallest absolute Gasteiger partial charge is 0.291 e. The van der Waals surface area contributed by atoms with Gasteiger partial charge in [0.2, 0.25) is 0 Å². The van der Waals surface area contributed by atoms with E-state index >= 15 is 0 Å². The highest BCUT2D eigenvalue weighted by molar-refractivity contribution is 6.06. The lowest BCUT2D eigenvalue weighted by molar-refractivity contribution is 0.0998. The number of hydrogen-bond acceptors (Lipinski definition) is 3. The maximum absolute atomic E-state index is 12.5. The second kappa shape index (κ2) is 5.26. The maximum atomic E-state index is 12.5. The Bertz CT molecular complexity index is 887. The van der Waals surface area contributed by atoms with Crippen molar-refractivity contribution in [2.75, 3.05) is 5.32 Å². The number of fused-ring (bicyclic) bond motifs is 1. The number of nitrogens with one attached hydrogen (secondary N) is 1. The first kappa shape index (κ1) is 14.1. The zero-order valence-electron chi connectivity index (χ0n) is 13.3. The number of furan rings is 1. The van der Waals surface area contributed by atoms with Gasteiger partial charge < -0.3 is 9.73 Å². The van der Waals surface area contributed by atoms with Crippen molar-refractivity contribution < 1.29 is 9.21 Å². The van der Waals surface area contributed by atoms with Crippen LogP contribution in [0.15, 0.2) is 35.0 Å². The number of anilines is 1. The summed E-state index contributed by atoms with van der Waals surface area (Å²) in [6.07, 6.45) is 6.11. The number of rotatable bonds is 4. The largest absolute Gasteiger partial charge is 0.451 e. The van der Waals surface area contributed by atoms with Crippen LogP contribution in [-0.4, -0.2) is 15.7 Å². The molecular formula is C18H19N3O2. The number of aromatic nitrogens is 2. The molecule has 1 amide bonds. The van der Waals surface area contributed by atoms with Crippen molar-refractivity contribution in [3.8, 4) is 0 Å². The number of carbonyl (C=O) groups excluding carboxylic acids is 1. The number of aryl methyl sites for hydroxylation is 2. The van der Waals surface area contributed by atoms with Gasteiger partial charge in [0.25, 0.3) is 5.91 Å². The highest BCUT2D eigenvalue weighted by Crippen LogP contribution is 2.30. The van der Waals surface area contributed by atoms with Gasteiger partial charge in [-0.15, -0.1) is 0 Å². The lowest BCUT2D eigenvalue weighted by Gasteiger charge is -2.00. The predicted molar refractivity (Wildman–Crippen MR) is 88.6 cm³/mol. The van der Waals surface area contributed by atoms with Crippen LogP contribution in [0, 0.1) is 19.8 Å². The molecule has 1 N–H and O–H groups in total. The summed E-state index contributed by atoms with van der Waals surface area (Å²) in [4.78, 5) is 12.5. The number of carbonyl (C=O) groups is 1. The minimum absolute atomic E-state index is 0.234. The molecule has 5 nitrogen and oxygen atoms in total. The minimum atomic E-state index is -0.234. The molecule has 0 radical (unpaired) electrons. The molecule has 1 aliphatic rings. The summed E-state index contributed by atoms with van der Waals surface area (Å²) in [6.45, 7) is 4.84. The molecule has 0 aliphatic heterocycles. The molecule has 1 fully saturated rings. The van der Waals surface area contributed by atoms with E-state index in [4.69, 9.17) is 4.42 Å². The molecule has 5 heteroatoms. The van der Waals surface area contributed by atoms with Crippen LogP contribution >= 0.6 is 0 Å². The third-order valence-corrected chi connectivity index (χ3v) is 4.33. The van der Waals surface area contributed by atoms with Gasteiger partial charge in [0.05, 0.1) is 11.9 Å². The summed E-state index contributed by atoms with van der Waals surface area (Å²) in [7, 11) is 0. The van der Waals surface area contributed by atoms with E-state index in [1.807, 2.05) is 42.9 Å². The normalized spacial score (nSPS) is 14.3. The molecule has 23 heavy (non-hydrogen) atoms. The van der Waals surface area contributed by atoms with E-state index in [2.05, 4.69) is 10.4 Å². The standard InChI is InChI=1S/C18H19N3O2/c1-11-3-6-15-12(2)17(23-16(15)7-11)18(22)20-14-8-19-21(10-14)9-13-4-5-13/h3,6-8,10,13H,4-5,9H2,1-2H3,(H,20,22). The van der Waals surface area contributed by atoms with E-state index in [0.29, 0.717) is 11.4 Å². The van der Waals surface area contributed by atoms with Crippen LogP contribution in [0.3, 0.4) is 0 Å². The van der Waals surface area contributed by atoms with Gasteiger partial charge >= 0.3 is 0 Å². The van der Waals surface area contributed by atoms with Crippen molar-refractivity contribution in [3.63, 3.8) is 0 Å². The molecule has 0 unspecified atom stereocenters. The maximum Gasteiger partial charge on any atom is 0.291 e. The van der Waals surface area contributed by atoms with Crippen molar-refractivity contribution in [1.82, 2.24) is 9.78 Å². The number of nitrogens with zero attached hydrogens (tertiary/aromatic N) is 2. The Balaban J connectivity index is 1.56. The Morgan fingerprint density at radius 3 is 3.00 bits per heavy atom. The Morgan fingerprint density at radius 1 is 1.39 bits per heavy atom. The predicted octanol–water partition coefficient (Wildman–Crippen LogP) is 3.91. The van der Waals surface area contributed by atoms with E-state index in [1.54, 1.807) is 6.20 Å². The molecule has 0 spiro atoms. The molecule has 2 heterocycles. The molecule has 2 aromatic heterocycles. The lowest BCUT2D eigenvalue weighted by Crippen LogP contribution is -2.11. The van der Waals surface area contributed by atoms with Gasteiger partial charge in [0.15, 0.2) is 5.76 Å². The first-order chi connectivity index (χ1) is 11.1. The van der Waals surface area contributed by atoms with E-state index in [1.165, 1.54) is 12.8 Å². The summed E-state index contributed by atoms with van der Waals surface area (Å²) >= 11 is 0. The Labute approximate surface area is 134 Å². The van der Waals surface area contributed by atoms with E-state index in [9.17, 15) is 4.79 Å². The fourth-order valence-corrected chi connectivity index (χ4v) is 2.83. The van der Waals surface area contributed by atoms with Crippen LogP contribution in [0.25, 0.3) is 11.0 Å². The van der Waals surface area contributed by atoms with Crippen molar-refractivity contribution in [2.24, 2.45) is 5.92 Å². The van der Waals surface area contributed by atoms with E-state index in [-0.39, 0.29) is 5.91 Å². The van der Waals surface area contributed by atoms with Crippen LogP contribution < -0.4 is 5.32 Å². The summed E-state index contributed by atoms with van der Waals surface area (Å²) < 4.78 is 7.65. The van der Waals surface area contributed by atoms with Crippen molar-refractivity contribution in [3.05, 3.63) is 47.5 Å². The van der Waals surface area contributed by atoms with Crippen molar-refractivity contribution in [1.29, 1.82) is 0 Å². The second-order valence-corrected chi connectivity index (χ2v) is 6.40. The van der Waals surface area contributed by atoms with Crippen molar-refractivity contribution in [2.45, 2.75) is 33.2 Å². The molecule has 0 atom stereocenters. The van der Waals surface area contributed by atoms with Gasteiger partial charge in [-0.3, -0.25) is 9.48 Å². The van der Waals surface area contributed by atoms with Crippen LogP contribution in [0.5, 0.6) is 0 Å². The monoisotopic (exact) mass is 309 g/mol. The van der Waals surface area contributed by atoms with Gasteiger partial charge in [-0.2, -0.15) is 5.10 Å². The zero-order chi connectivity index (χ0) is 16.0. The van der Waals surface area contributed by atoms with Gasteiger partial charge in [0, 0.05) is 23.7 Å². The van der Waals surface area contributed by atoms with Crippen molar-refractivity contribution >= 4 is 22.6 Å². The SMILES string of the molecule is Cc1ccc2c(C)c(C(=O)Nc3cnn(CC4CC4)c3)oc2c1. The lowest BCUT2D eigenvalue weighted by atomic mass is 10.1. The third kappa shape index (κ3) is 2.74. The van der Waals surface area contributed by atoms with Gasteiger partial charge in [0.1, 0.15) is 5.58 Å². The number of amides is 1. The van der Waals surface area contributed by atoms with E-state index < -0.39 is 0 Å². The first-order valence-electron chi connectivity index (χ1n) is 7.94. The summed E-state index contributed by atoms with van der Waals surface area (Å²) in [5.41, 5.74) is 3.42. The number of hydrogen-bond donors (Lipinski definition) is 1. The van der Waals surface area contributed by atoms with Gasteiger partial charge in [-0.25, -0.2) is 0 Å². The molecule has 118 valence electrons. The van der Waals surface area contributed by atoms with Crippen LogP contribution in [0.4, 0.5) is 5.69 Å². The average Bonchev–Trinajstić information content (AvgIpc) is 3.12. The quantitative estimate of drug-likeness (QED) is 0.795. The van der Waals surface area contributed by atoms with Crippen LogP contribution in [0.2, 0.25) is 0 Å². The first-order valence-corrected chi connectivity index (χ1v) is 7.94. The highest BCUT2D eigenvalue weighted by Gasteiger charge is 2.22. The second-order valence-electron chi connectivity index (χ2n) is 6.40. The third-order valence-electron chi connectivity index (χ3n) is 4.33. The molecule has 4 rings (SSSR count). The fourth-order valence-electron chi connectivity index (χ4n) is 2.83. The minimum Gasteiger partial charge on any atom is -0.451 e. The summed E-state index contributed by atoms with van der Waals surface area (Å²) in [5, 5.41) is 8.14.